The third-order valence-corrected chi connectivity index (χ3v) is 5.35. The van der Waals surface area contributed by atoms with Crippen LogP contribution in [0.1, 0.15) is 5.56 Å². The maximum absolute atomic E-state index is 13.2. The van der Waals surface area contributed by atoms with Crippen LogP contribution < -0.4 is 9.46 Å². The van der Waals surface area contributed by atoms with Gasteiger partial charge in [0.25, 0.3) is 0 Å². The molecule has 9 heteroatoms. The summed E-state index contributed by atoms with van der Waals surface area (Å²) >= 11 is 0. The molecule has 0 unspecified atom stereocenters. The summed E-state index contributed by atoms with van der Waals surface area (Å²) in [6.07, 6.45) is 3.72. The van der Waals surface area contributed by atoms with E-state index < -0.39 is 15.8 Å². The van der Waals surface area contributed by atoms with Crippen LogP contribution in [0.4, 0.5) is 10.1 Å². The van der Waals surface area contributed by atoms with Gasteiger partial charge in [0.2, 0.25) is 15.9 Å². The summed E-state index contributed by atoms with van der Waals surface area (Å²) in [5.74, 6) is 0.646. The van der Waals surface area contributed by atoms with E-state index in [2.05, 4.69) is 14.9 Å². The molecule has 1 N–H and O–H groups in total. The molecule has 0 aliphatic carbocycles. The first-order valence-electron chi connectivity index (χ1n) is 8.97. The summed E-state index contributed by atoms with van der Waals surface area (Å²) in [6.45, 7) is 0. The van der Waals surface area contributed by atoms with Crippen LogP contribution >= 0.6 is 0 Å². The van der Waals surface area contributed by atoms with Gasteiger partial charge in [-0.1, -0.05) is 12.1 Å². The molecular formula is C21H17FN4O3S. The lowest BCUT2D eigenvalue weighted by atomic mass is 10.2. The van der Waals surface area contributed by atoms with Gasteiger partial charge < -0.3 is 9.30 Å². The highest BCUT2D eigenvalue weighted by Crippen LogP contribution is 2.22. The molecule has 0 aliphatic rings. The van der Waals surface area contributed by atoms with Gasteiger partial charge in [0.15, 0.2) is 5.82 Å². The van der Waals surface area contributed by atoms with E-state index in [1.165, 1.54) is 18.2 Å². The molecule has 0 spiro atoms. The molecule has 4 rings (SSSR count). The van der Waals surface area contributed by atoms with Crippen molar-refractivity contribution in [3.63, 3.8) is 0 Å². The van der Waals surface area contributed by atoms with Crippen molar-refractivity contribution in [2.75, 3.05) is 4.72 Å². The van der Waals surface area contributed by atoms with Gasteiger partial charge >= 0.3 is 0 Å². The Morgan fingerprint density at radius 3 is 2.37 bits per heavy atom. The number of sulfonamides is 1. The van der Waals surface area contributed by atoms with E-state index in [9.17, 15) is 12.8 Å². The minimum Gasteiger partial charge on any atom is -0.438 e. The highest BCUT2D eigenvalue weighted by atomic mass is 32.2. The van der Waals surface area contributed by atoms with Crippen molar-refractivity contribution in [3.8, 4) is 17.4 Å². The largest absolute Gasteiger partial charge is 0.438 e. The summed E-state index contributed by atoms with van der Waals surface area (Å²) in [6, 6.07) is 19.1. The Morgan fingerprint density at radius 1 is 0.933 bits per heavy atom. The number of hydrogen-bond acceptors (Lipinski definition) is 5. The van der Waals surface area contributed by atoms with E-state index in [1.807, 2.05) is 29.1 Å². The summed E-state index contributed by atoms with van der Waals surface area (Å²) in [5, 5.41) is 8.13. The SMILES string of the molecule is O=S(=O)(Cc1cccc(F)c1)Nc1ccc(Oc2ccc(-n3cccc3)nn2)cc1. The van der Waals surface area contributed by atoms with Crippen LogP contribution in [0.5, 0.6) is 11.6 Å². The van der Waals surface area contributed by atoms with Crippen LogP contribution in [0.15, 0.2) is 85.2 Å². The molecule has 2 heterocycles. The minimum absolute atomic E-state index is 0.311. The lowest BCUT2D eigenvalue weighted by Gasteiger charge is -2.10. The predicted octanol–water partition coefficient (Wildman–Crippen LogP) is 4.14. The van der Waals surface area contributed by atoms with Crippen LogP contribution in [-0.4, -0.2) is 23.2 Å². The first-order chi connectivity index (χ1) is 14.5. The maximum Gasteiger partial charge on any atom is 0.238 e. The van der Waals surface area contributed by atoms with E-state index in [4.69, 9.17) is 4.74 Å². The number of aromatic nitrogens is 3. The molecule has 0 bridgehead atoms. The lowest BCUT2D eigenvalue weighted by molar-refractivity contribution is 0.454. The van der Waals surface area contributed by atoms with E-state index in [-0.39, 0.29) is 5.75 Å². The number of nitrogens with zero attached hydrogens (tertiary/aromatic N) is 3. The van der Waals surface area contributed by atoms with Gasteiger partial charge in [-0.25, -0.2) is 12.8 Å². The van der Waals surface area contributed by atoms with Crippen molar-refractivity contribution in [2.24, 2.45) is 0 Å². The zero-order chi connectivity index (χ0) is 21.0. The fourth-order valence-corrected chi connectivity index (χ4v) is 3.95. The smallest absolute Gasteiger partial charge is 0.238 e. The van der Waals surface area contributed by atoms with Crippen LogP contribution in [0.2, 0.25) is 0 Å². The molecule has 0 atom stereocenters. The number of ether oxygens (including phenoxy) is 1. The van der Waals surface area contributed by atoms with Crippen molar-refractivity contribution >= 4 is 15.7 Å². The fraction of sp³-hybridized carbons (Fsp3) is 0.0476. The third-order valence-electron chi connectivity index (χ3n) is 4.09. The Bertz CT molecular complexity index is 1230. The molecule has 2 aromatic carbocycles. The Morgan fingerprint density at radius 2 is 1.70 bits per heavy atom. The van der Waals surface area contributed by atoms with Gasteiger partial charge in [0.1, 0.15) is 11.6 Å². The number of benzene rings is 2. The first-order valence-corrected chi connectivity index (χ1v) is 10.6. The van der Waals surface area contributed by atoms with Crippen LogP contribution in [0, 0.1) is 5.82 Å². The summed E-state index contributed by atoms with van der Waals surface area (Å²) < 4.78 is 47.8. The Balaban J connectivity index is 1.39. The standard InChI is InChI=1S/C21H17FN4O3S/c22-17-5-3-4-16(14-17)15-30(27,28)25-18-6-8-19(9-7-18)29-21-11-10-20(23-24-21)26-12-1-2-13-26/h1-14,25H,15H2. The highest BCUT2D eigenvalue weighted by molar-refractivity contribution is 7.91. The highest BCUT2D eigenvalue weighted by Gasteiger charge is 2.12. The van der Waals surface area contributed by atoms with Crippen molar-refractivity contribution in [1.82, 2.24) is 14.8 Å². The van der Waals surface area contributed by atoms with Gasteiger partial charge in [0.05, 0.1) is 5.75 Å². The van der Waals surface area contributed by atoms with Gasteiger partial charge in [-0.05, 0) is 60.2 Å². The second-order valence-corrected chi connectivity index (χ2v) is 8.16. The van der Waals surface area contributed by atoms with E-state index >= 15 is 0 Å². The zero-order valence-electron chi connectivity index (χ0n) is 15.6. The molecule has 0 radical (unpaired) electrons. The molecule has 0 saturated heterocycles. The monoisotopic (exact) mass is 424 g/mol. The molecular weight excluding hydrogens is 407 g/mol. The van der Waals surface area contributed by atoms with Crippen molar-refractivity contribution < 1.29 is 17.5 Å². The van der Waals surface area contributed by atoms with Gasteiger partial charge in [-0.15, -0.1) is 10.2 Å². The number of hydrogen-bond donors (Lipinski definition) is 1. The molecule has 30 heavy (non-hydrogen) atoms. The second-order valence-electron chi connectivity index (χ2n) is 6.44. The molecule has 0 aliphatic heterocycles. The predicted molar refractivity (Wildman–Crippen MR) is 111 cm³/mol. The van der Waals surface area contributed by atoms with Crippen molar-refractivity contribution in [2.45, 2.75) is 5.75 Å². The summed E-state index contributed by atoms with van der Waals surface area (Å²) in [7, 11) is -3.68. The quantitative estimate of drug-likeness (QED) is 0.482. The summed E-state index contributed by atoms with van der Waals surface area (Å²) in [5.41, 5.74) is 0.733. The molecule has 0 saturated carbocycles. The topological polar surface area (TPSA) is 86.1 Å². The van der Waals surface area contributed by atoms with E-state index in [1.54, 1.807) is 42.5 Å². The number of anilines is 1. The van der Waals surface area contributed by atoms with Crippen molar-refractivity contribution in [1.29, 1.82) is 0 Å². The Hall–Kier alpha value is -3.72. The molecule has 0 amide bonds. The van der Waals surface area contributed by atoms with Crippen LogP contribution in [0.3, 0.4) is 0 Å². The average Bonchev–Trinajstić information content (AvgIpc) is 3.24. The normalized spacial score (nSPS) is 11.2. The van der Waals surface area contributed by atoms with Gasteiger partial charge in [-0.2, -0.15) is 0 Å². The Labute approximate surface area is 172 Å². The third kappa shape index (κ3) is 5.00. The lowest BCUT2D eigenvalue weighted by Crippen LogP contribution is -2.15. The summed E-state index contributed by atoms with van der Waals surface area (Å²) in [4.78, 5) is 0. The molecule has 4 aromatic rings. The van der Waals surface area contributed by atoms with Crippen LogP contribution in [-0.2, 0) is 15.8 Å². The molecule has 7 nitrogen and oxygen atoms in total. The maximum atomic E-state index is 13.2. The zero-order valence-corrected chi connectivity index (χ0v) is 16.5. The van der Waals surface area contributed by atoms with E-state index in [0.29, 0.717) is 28.7 Å². The number of nitrogens with one attached hydrogen (secondary N) is 1. The molecule has 2 aromatic heterocycles. The van der Waals surface area contributed by atoms with Crippen LogP contribution in [0.25, 0.3) is 5.82 Å². The molecule has 0 fully saturated rings. The first kappa shape index (κ1) is 19.6. The average molecular weight is 424 g/mol. The second kappa shape index (κ2) is 8.34. The van der Waals surface area contributed by atoms with E-state index in [0.717, 1.165) is 0 Å². The Kier molecular flexibility index (Phi) is 5.44. The van der Waals surface area contributed by atoms with Gasteiger partial charge in [-0.3, -0.25) is 4.72 Å². The number of rotatable bonds is 7. The van der Waals surface area contributed by atoms with Gasteiger partial charge in [0, 0.05) is 24.1 Å². The fourth-order valence-electron chi connectivity index (χ4n) is 2.77. The molecule has 152 valence electrons. The van der Waals surface area contributed by atoms with Crippen molar-refractivity contribution in [3.05, 3.63) is 96.6 Å². The number of halogens is 1. The minimum atomic E-state index is -3.68.